The number of esters is 1. The number of carbonyl (C=O) groups is 1. The first-order valence-electron chi connectivity index (χ1n) is 13.2. The first-order valence-corrected chi connectivity index (χ1v) is 13.2. The second-order valence-electron chi connectivity index (χ2n) is 9.84. The average molecular weight is 609 g/mol. The van der Waals surface area contributed by atoms with Gasteiger partial charge in [-0.25, -0.2) is 4.79 Å². The summed E-state index contributed by atoms with van der Waals surface area (Å²) in [5.41, 5.74) is 0.341. The lowest BCUT2D eigenvalue weighted by atomic mass is 9.99. The molecule has 0 bridgehead atoms. The summed E-state index contributed by atoms with van der Waals surface area (Å²) in [4.78, 5) is 25.2. The highest BCUT2D eigenvalue weighted by molar-refractivity contribution is 5.89. The predicted octanol–water partition coefficient (Wildman–Crippen LogP) is 2.03. The van der Waals surface area contributed by atoms with Crippen molar-refractivity contribution in [3.8, 4) is 40.1 Å². The number of aliphatic hydroxyl groups excluding tert-OH is 3. The van der Waals surface area contributed by atoms with Crippen molar-refractivity contribution in [2.24, 2.45) is 0 Å². The van der Waals surface area contributed by atoms with E-state index in [1.165, 1.54) is 55.7 Å². The second-order valence-corrected chi connectivity index (χ2v) is 9.84. The van der Waals surface area contributed by atoms with Crippen molar-refractivity contribution in [3.05, 3.63) is 82.5 Å². The van der Waals surface area contributed by atoms with Gasteiger partial charge in [0, 0.05) is 23.8 Å². The summed E-state index contributed by atoms with van der Waals surface area (Å²) in [5, 5.41) is 61.1. The molecule has 5 rings (SSSR count). The van der Waals surface area contributed by atoms with Crippen LogP contribution in [-0.4, -0.2) is 81.0 Å². The maximum Gasteiger partial charge on any atom is 0.330 e. The lowest BCUT2D eigenvalue weighted by molar-refractivity contribution is -0.278. The molecule has 2 heterocycles. The van der Waals surface area contributed by atoms with Crippen molar-refractivity contribution in [2.75, 3.05) is 13.7 Å². The molecule has 0 unspecified atom stereocenters. The second kappa shape index (κ2) is 12.7. The van der Waals surface area contributed by atoms with Gasteiger partial charge >= 0.3 is 5.97 Å². The predicted molar refractivity (Wildman–Crippen MR) is 153 cm³/mol. The van der Waals surface area contributed by atoms with Crippen LogP contribution < -0.4 is 14.9 Å². The van der Waals surface area contributed by atoms with Gasteiger partial charge in [0.25, 0.3) is 0 Å². The van der Waals surface area contributed by atoms with Crippen LogP contribution >= 0.6 is 0 Å². The Bertz CT molecular complexity index is 1730. The minimum Gasteiger partial charge on any atom is -0.508 e. The molecule has 1 aliphatic heterocycles. The van der Waals surface area contributed by atoms with Crippen LogP contribution in [0.4, 0.5) is 0 Å². The van der Waals surface area contributed by atoms with Crippen LogP contribution in [0.1, 0.15) is 5.56 Å². The summed E-state index contributed by atoms with van der Waals surface area (Å²) >= 11 is 0. The van der Waals surface area contributed by atoms with E-state index in [1.807, 2.05) is 0 Å². The molecular weight excluding hydrogens is 580 g/mol. The van der Waals surface area contributed by atoms with Crippen molar-refractivity contribution in [1.29, 1.82) is 0 Å². The zero-order valence-corrected chi connectivity index (χ0v) is 23.1. The smallest absolute Gasteiger partial charge is 0.330 e. The summed E-state index contributed by atoms with van der Waals surface area (Å²) in [7, 11) is 1.20. The number of aromatic hydroxyl groups is 3. The maximum atomic E-state index is 12.9. The Morgan fingerprint density at radius 2 is 1.57 bits per heavy atom. The van der Waals surface area contributed by atoms with Crippen LogP contribution in [-0.2, 0) is 14.3 Å². The van der Waals surface area contributed by atoms with E-state index in [4.69, 9.17) is 23.4 Å². The molecule has 1 fully saturated rings. The van der Waals surface area contributed by atoms with Crippen molar-refractivity contribution in [3.63, 3.8) is 0 Å². The molecule has 13 heteroatoms. The number of hydrogen-bond donors (Lipinski definition) is 6. The highest BCUT2D eigenvalue weighted by Gasteiger charge is 2.46. The first kappa shape index (κ1) is 30.4. The molecule has 44 heavy (non-hydrogen) atoms. The monoisotopic (exact) mass is 608 g/mol. The molecule has 0 aliphatic carbocycles. The van der Waals surface area contributed by atoms with Gasteiger partial charge in [0.1, 0.15) is 59.3 Å². The Labute approximate surface area is 249 Å². The van der Waals surface area contributed by atoms with Gasteiger partial charge in [-0.1, -0.05) is 12.1 Å². The zero-order chi connectivity index (χ0) is 31.5. The van der Waals surface area contributed by atoms with Gasteiger partial charge in [0.15, 0.2) is 16.9 Å². The van der Waals surface area contributed by atoms with Gasteiger partial charge in [-0.2, -0.15) is 0 Å². The number of ether oxygens (including phenoxy) is 4. The van der Waals surface area contributed by atoms with Gasteiger partial charge in [-0.15, -0.1) is 0 Å². The van der Waals surface area contributed by atoms with Crippen LogP contribution in [0.3, 0.4) is 0 Å². The van der Waals surface area contributed by atoms with Crippen LogP contribution in [0.5, 0.6) is 28.7 Å². The van der Waals surface area contributed by atoms with Crippen molar-refractivity contribution >= 4 is 23.0 Å². The lowest BCUT2D eigenvalue weighted by Gasteiger charge is -2.40. The molecule has 0 radical (unpaired) electrons. The molecule has 1 aromatic heterocycles. The van der Waals surface area contributed by atoms with Gasteiger partial charge in [0.05, 0.1) is 7.11 Å². The molecule has 6 N–H and O–H groups in total. The number of methoxy groups -OCH3 is 1. The first-order chi connectivity index (χ1) is 21.0. The van der Waals surface area contributed by atoms with E-state index < -0.39 is 54.5 Å². The third-order valence-electron chi connectivity index (χ3n) is 6.88. The number of phenolic OH excluding ortho intramolecular Hbond substituents is 3. The number of aliphatic hydroxyl groups is 3. The summed E-state index contributed by atoms with van der Waals surface area (Å²) in [6.07, 6.45) is -5.71. The highest BCUT2D eigenvalue weighted by Crippen LogP contribution is 2.43. The Morgan fingerprint density at radius 3 is 2.23 bits per heavy atom. The molecule has 3 aromatic carbocycles. The fourth-order valence-corrected chi connectivity index (χ4v) is 4.55. The number of phenols is 3. The summed E-state index contributed by atoms with van der Waals surface area (Å²) in [6, 6.07) is 14.3. The van der Waals surface area contributed by atoms with Crippen LogP contribution in [0.25, 0.3) is 28.4 Å². The minimum absolute atomic E-state index is 0.00640. The fraction of sp³-hybridized carbons (Fsp3) is 0.226. The number of carbonyl (C=O) groups excluding carboxylic acids is 1. The molecule has 0 amide bonds. The Balaban J connectivity index is 1.37. The van der Waals surface area contributed by atoms with Crippen molar-refractivity contribution in [1.82, 2.24) is 0 Å². The molecular formula is C31H28O13. The standard InChI is InChI=1S/C31H28O13/c1-40-30-22(13-21-25(27(30)37)19(34)12-20(42-21)16-5-9-18(33)10-6-16)43-31-29(39)28(38)26(36)23(44-31)14-41-24(35)11-4-15-2-7-17(32)8-3-15/h2-13,23,26,28-29,31-33,36-39H,14H2,1H3/b11-4+/t23-,26+,28+,29-,31-/m0/s1. The van der Waals surface area contributed by atoms with Gasteiger partial charge in [-0.05, 0) is 48.0 Å². The van der Waals surface area contributed by atoms with E-state index in [0.717, 1.165) is 12.1 Å². The quantitative estimate of drug-likeness (QED) is 0.125. The van der Waals surface area contributed by atoms with Crippen LogP contribution in [0.2, 0.25) is 0 Å². The average Bonchev–Trinajstić information content (AvgIpc) is 3.00. The Hall–Kier alpha value is -5.08. The third kappa shape index (κ3) is 6.31. The van der Waals surface area contributed by atoms with E-state index in [9.17, 15) is 40.2 Å². The fourth-order valence-electron chi connectivity index (χ4n) is 4.55. The number of rotatable bonds is 8. The zero-order valence-electron chi connectivity index (χ0n) is 23.1. The highest BCUT2D eigenvalue weighted by atomic mass is 16.7. The van der Waals surface area contributed by atoms with Gasteiger partial charge in [0.2, 0.25) is 12.0 Å². The Morgan fingerprint density at radius 1 is 0.909 bits per heavy atom. The van der Waals surface area contributed by atoms with E-state index in [1.54, 1.807) is 12.1 Å². The summed E-state index contributed by atoms with van der Waals surface area (Å²) in [5.74, 6) is -1.79. The van der Waals surface area contributed by atoms with E-state index in [2.05, 4.69) is 0 Å². The van der Waals surface area contributed by atoms with Crippen molar-refractivity contribution in [2.45, 2.75) is 30.7 Å². The molecule has 1 saturated heterocycles. The van der Waals surface area contributed by atoms with E-state index in [-0.39, 0.29) is 39.7 Å². The lowest BCUT2D eigenvalue weighted by Crippen LogP contribution is -2.60. The normalized spacial score (nSPS) is 21.8. The number of fused-ring (bicyclic) bond motifs is 1. The molecule has 5 atom stereocenters. The van der Waals surface area contributed by atoms with Crippen LogP contribution in [0, 0.1) is 0 Å². The van der Waals surface area contributed by atoms with Gasteiger partial charge < -0.3 is 54.0 Å². The number of hydrogen-bond acceptors (Lipinski definition) is 13. The molecule has 13 nitrogen and oxygen atoms in total. The largest absolute Gasteiger partial charge is 0.508 e. The molecule has 1 aliphatic rings. The van der Waals surface area contributed by atoms with Gasteiger partial charge in [-0.3, -0.25) is 4.79 Å². The number of benzene rings is 3. The topological polar surface area (TPSA) is 206 Å². The van der Waals surface area contributed by atoms with E-state index >= 15 is 0 Å². The maximum absolute atomic E-state index is 12.9. The van der Waals surface area contributed by atoms with Crippen LogP contribution in [0.15, 0.2) is 76.0 Å². The summed E-state index contributed by atoms with van der Waals surface area (Å²) in [6.45, 7) is -0.533. The minimum atomic E-state index is -1.80. The summed E-state index contributed by atoms with van der Waals surface area (Å²) < 4.78 is 27.6. The molecule has 4 aromatic rings. The van der Waals surface area contributed by atoms with Crippen molar-refractivity contribution < 1.29 is 58.8 Å². The SMILES string of the molecule is COc1c(O[C@H]2O[C@@H](COC(=O)/C=C/c3ccc(O)cc3)[C@@H](O)[C@@H](O)[C@@H]2O)cc2oc(-c3ccc(O)cc3)cc(=O)c2c1O. The Kier molecular flexibility index (Phi) is 8.73. The molecule has 0 saturated carbocycles. The third-order valence-corrected chi connectivity index (χ3v) is 6.88. The molecule has 0 spiro atoms. The molecule has 230 valence electrons. The van der Waals surface area contributed by atoms with E-state index in [0.29, 0.717) is 11.1 Å².